The second-order valence-electron chi connectivity index (χ2n) is 7.03. The lowest BCUT2D eigenvalue weighted by Crippen LogP contribution is -2.20. The highest BCUT2D eigenvalue weighted by molar-refractivity contribution is 6.25. The third-order valence-electron chi connectivity index (χ3n) is 4.77. The van der Waals surface area contributed by atoms with Gasteiger partial charge < -0.3 is 9.84 Å². The van der Waals surface area contributed by atoms with Crippen molar-refractivity contribution in [2.24, 2.45) is 0 Å². The van der Waals surface area contributed by atoms with Gasteiger partial charge in [0, 0.05) is 30.8 Å². The van der Waals surface area contributed by atoms with Crippen LogP contribution in [0.2, 0.25) is 0 Å². The SMILES string of the molecule is Cc1nn(Cc2nccc(OCC(F)(F)F)c2C)cc1C(O)=C1C(=O)CCCC1=O. The Morgan fingerprint density at radius 1 is 1.23 bits per heavy atom. The van der Waals surface area contributed by atoms with E-state index >= 15 is 0 Å². The molecule has 7 nitrogen and oxygen atoms in total. The van der Waals surface area contributed by atoms with Crippen molar-refractivity contribution >= 4 is 17.3 Å². The lowest BCUT2D eigenvalue weighted by molar-refractivity contribution is -0.153. The molecular formula is C20H20F3N3O4. The molecule has 0 unspecified atom stereocenters. The Bertz CT molecular complexity index is 1010. The predicted molar refractivity (Wildman–Crippen MR) is 100 cm³/mol. The van der Waals surface area contributed by atoms with Gasteiger partial charge in [-0.25, -0.2) is 0 Å². The van der Waals surface area contributed by atoms with Crippen molar-refractivity contribution in [3.63, 3.8) is 0 Å². The number of nitrogens with zero attached hydrogens (tertiary/aromatic N) is 3. The number of aromatic nitrogens is 3. The molecule has 0 aromatic carbocycles. The van der Waals surface area contributed by atoms with E-state index < -0.39 is 30.1 Å². The minimum absolute atomic E-state index is 0.0600. The highest BCUT2D eigenvalue weighted by atomic mass is 19.4. The van der Waals surface area contributed by atoms with Gasteiger partial charge in [0.05, 0.1) is 23.5 Å². The van der Waals surface area contributed by atoms with Crippen molar-refractivity contribution in [1.82, 2.24) is 14.8 Å². The van der Waals surface area contributed by atoms with Gasteiger partial charge in [0.25, 0.3) is 0 Å². The average molecular weight is 423 g/mol. The van der Waals surface area contributed by atoms with Crippen LogP contribution in [0, 0.1) is 13.8 Å². The number of carbonyl (C=O) groups excluding carboxylic acids is 2. The lowest BCUT2D eigenvalue weighted by atomic mass is 9.90. The van der Waals surface area contributed by atoms with Gasteiger partial charge in [-0.05, 0) is 26.3 Å². The Labute approximate surface area is 170 Å². The van der Waals surface area contributed by atoms with Crippen molar-refractivity contribution < 1.29 is 32.6 Å². The molecule has 160 valence electrons. The number of ether oxygens (including phenoxy) is 1. The summed E-state index contributed by atoms with van der Waals surface area (Å²) in [5.41, 5.74) is 1.29. The van der Waals surface area contributed by atoms with E-state index in [1.54, 1.807) is 13.8 Å². The molecule has 1 saturated carbocycles. The number of hydrogen-bond donors (Lipinski definition) is 1. The molecule has 0 amide bonds. The van der Waals surface area contributed by atoms with Gasteiger partial charge in [-0.2, -0.15) is 18.3 Å². The van der Waals surface area contributed by atoms with Crippen LogP contribution in [0.4, 0.5) is 13.2 Å². The van der Waals surface area contributed by atoms with Crippen LogP contribution in [0.1, 0.15) is 41.8 Å². The molecular weight excluding hydrogens is 403 g/mol. The molecule has 2 heterocycles. The van der Waals surface area contributed by atoms with Crippen molar-refractivity contribution in [2.45, 2.75) is 45.8 Å². The Morgan fingerprint density at radius 3 is 2.53 bits per heavy atom. The first-order chi connectivity index (χ1) is 14.1. The molecule has 1 aliphatic rings. The normalized spacial score (nSPS) is 14.9. The van der Waals surface area contributed by atoms with Gasteiger partial charge >= 0.3 is 6.18 Å². The maximum Gasteiger partial charge on any atom is 0.422 e. The molecule has 2 aromatic heterocycles. The summed E-state index contributed by atoms with van der Waals surface area (Å²) >= 11 is 0. The molecule has 0 spiro atoms. The maximum absolute atomic E-state index is 12.4. The summed E-state index contributed by atoms with van der Waals surface area (Å²) in [5.74, 6) is -1.14. The van der Waals surface area contributed by atoms with E-state index in [2.05, 4.69) is 10.1 Å². The van der Waals surface area contributed by atoms with Crippen LogP contribution >= 0.6 is 0 Å². The number of ketones is 2. The molecule has 0 atom stereocenters. The number of aliphatic hydroxyl groups is 1. The van der Waals surface area contributed by atoms with Crippen molar-refractivity contribution in [3.8, 4) is 5.75 Å². The number of rotatable bonds is 5. The summed E-state index contributed by atoms with van der Waals surface area (Å²) in [6.45, 7) is 1.89. The van der Waals surface area contributed by atoms with E-state index in [9.17, 15) is 27.9 Å². The highest BCUT2D eigenvalue weighted by Gasteiger charge is 2.30. The molecule has 1 aliphatic carbocycles. The number of allylic oxidation sites excluding steroid dienone is 1. The van der Waals surface area contributed by atoms with Crippen LogP contribution in [0.25, 0.3) is 5.76 Å². The zero-order valence-corrected chi connectivity index (χ0v) is 16.4. The fourth-order valence-corrected chi connectivity index (χ4v) is 3.23. The predicted octanol–water partition coefficient (Wildman–Crippen LogP) is 3.48. The first kappa shape index (κ1) is 21.5. The van der Waals surface area contributed by atoms with Crippen molar-refractivity contribution in [3.05, 3.63) is 46.5 Å². The second kappa shape index (κ2) is 8.29. The summed E-state index contributed by atoms with van der Waals surface area (Å²) in [6, 6.07) is 1.35. The van der Waals surface area contributed by atoms with E-state index in [0.29, 0.717) is 23.4 Å². The lowest BCUT2D eigenvalue weighted by Gasteiger charge is -2.13. The van der Waals surface area contributed by atoms with Gasteiger partial charge in [-0.3, -0.25) is 19.3 Å². The zero-order valence-electron chi connectivity index (χ0n) is 16.4. The van der Waals surface area contributed by atoms with Gasteiger partial charge in [0.15, 0.2) is 18.2 Å². The number of pyridine rings is 1. The van der Waals surface area contributed by atoms with Gasteiger partial charge in [0.1, 0.15) is 17.1 Å². The Kier molecular flexibility index (Phi) is 5.95. The molecule has 1 N–H and O–H groups in total. The number of aliphatic hydroxyl groups excluding tert-OH is 1. The number of aryl methyl sites for hydroxylation is 1. The van der Waals surface area contributed by atoms with Gasteiger partial charge in [-0.15, -0.1) is 0 Å². The molecule has 1 fully saturated rings. The number of hydrogen-bond acceptors (Lipinski definition) is 6. The summed E-state index contributed by atoms with van der Waals surface area (Å²) in [5, 5.41) is 14.8. The van der Waals surface area contributed by atoms with Gasteiger partial charge in [-0.1, -0.05) is 0 Å². The zero-order chi connectivity index (χ0) is 22.1. The Hall–Kier alpha value is -3.17. The minimum Gasteiger partial charge on any atom is -0.506 e. The summed E-state index contributed by atoms with van der Waals surface area (Å²) < 4.78 is 43.5. The molecule has 30 heavy (non-hydrogen) atoms. The second-order valence-corrected chi connectivity index (χ2v) is 7.03. The van der Waals surface area contributed by atoms with E-state index in [1.807, 2.05) is 0 Å². The van der Waals surface area contributed by atoms with Crippen LogP contribution in [0.5, 0.6) is 5.75 Å². The number of halogens is 3. The fraction of sp³-hybridized carbons (Fsp3) is 0.400. The number of Topliss-reactive ketones (excluding diaryl/α,β-unsaturated/α-hetero) is 2. The summed E-state index contributed by atoms with van der Waals surface area (Å²) in [6.07, 6.45) is -0.785. The Morgan fingerprint density at radius 2 is 1.90 bits per heavy atom. The standard InChI is InChI=1S/C20H20F3N3O4/c1-11-14(24-7-6-17(11)30-10-20(21,22)23)9-26-8-13(12(2)25-26)19(29)18-15(27)4-3-5-16(18)28/h6-8,29H,3-5,9-10H2,1-2H3. The first-order valence-electron chi connectivity index (χ1n) is 9.25. The molecule has 0 bridgehead atoms. The van der Waals surface area contributed by atoms with Crippen LogP contribution in [-0.4, -0.2) is 44.2 Å². The molecule has 0 radical (unpaired) electrons. The highest BCUT2D eigenvalue weighted by Crippen LogP contribution is 2.27. The third kappa shape index (κ3) is 4.69. The Balaban J connectivity index is 1.86. The monoisotopic (exact) mass is 423 g/mol. The van der Waals surface area contributed by atoms with Crippen LogP contribution in [0.15, 0.2) is 24.0 Å². The third-order valence-corrected chi connectivity index (χ3v) is 4.77. The molecule has 0 saturated heterocycles. The van der Waals surface area contributed by atoms with Crippen LogP contribution in [-0.2, 0) is 16.1 Å². The minimum atomic E-state index is -4.46. The number of carbonyl (C=O) groups is 2. The largest absolute Gasteiger partial charge is 0.506 e. The van der Waals surface area contributed by atoms with Crippen molar-refractivity contribution in [2.75, 3.05) is 6.61 Å². The molecule has 2 aromatic rings. The maximum atomic E-state index is 12.4. The molecule has 3 rings (SSSR count). The fourth-order valence-electron chi connectivity index (χ4n) is 3.23. The number of alkyl halides is 3. The van der Waals surface area contributed by atoms with Crippen LogP contribution in [0.3, 0.4) is 0 Å². The van der Waals surface area contributed by atoms with Gasteiger partial charge in [0.2, 0.25) is 0 Å². The van der Waals surface area contributed by atoms with E-state index in [4.69, 9.17) is 4.74 Å². The van der Waals surface area contributed by atoms with Crippen molar-refractivity contribution in [1.29, 1.82) is 0 Å². The van der Waals surface area contributed by atoms with E-state index in [1.165, 1.54) is 23.1 Å². The summed E-state index contributed by atoms with van der Waals surface area (Å²) in [7, 11) is 0. The topological polar surface area (TPSA) is 94.3 Å². The first-order valence-corrected chi connectivity index (χ1v) is 9.25. The quantitative estimate of drug-likeness (QED) is 0.450. The van der Waals surface area contributed by atoms with Crippen LogP contribution < -0.4 is 4.74 Å². The summed E-state index contributed by atoms with van der Waals surface area (Å²) in [4.78, 5) is 28.3. The molecule has 10 heteroatoms. The molecule has 0 aliphatic heterocycles. The smallest absolute Gasteiger partial charge is 0.422 e. The average Bonchev–Trinajstić information content (AvgIpc) is 3.01. The van der Waals surface area contributed by atoms with E-state index in [-0.39, 0.29) is 36.3 Å². The van der Waals surface area contributed by atoms with E-state index in [0.717, 1.165) is 0 Å².